The van der Waals surface area contributed by atoms with Crippen molar-refractivity contribution in [3.05, 3.63) is 18.0 Å². The van der Waals surface area contributed by atoms with Crippen LogP contribution < -0.4 is 5.73 Å². The summed E-state index contributed by atoms with van der Waals surface area (Å²) < 4.78 is 2.05. The van der Waals surface area contributed by atoms with Crippen molar-refractivity contribution in [1.82, 2.24) is 9.78 Å². The van der Waals surface area contributed by atoms with Gasteiger partial charge in [0.25, 0.3) is 0 Å². The average Bonchev–Trinajstić information content (AvgIpc) is 2.76. The first-order chi connectivity index (χ1) is 8.06. The van der Waals surface area contributed by atoms with E-state index < -0.39 is 0 Å². The smallest absolute Gasteiger partial charge is 0.0640 e. The molecule has 0 radical (unpaired) electrons. The number of rotatable bonds is 7. The van der Waals surface area contributed by atoms with E-state index >= 15 is 0 Å². The van der Waals surface area contributed by atoms with Gasteiger partial charge in [-0.1, -0.05) is 27.2 Å². The molecule has 0 aromatic carbocycles. The second kappa shape index (κ2) is 6.80. The Morgan fingerprint density at radius 1 is 1.29 bits per heavy atom. The number of nitrogens with zero attached hydrogens (tertiary/aromatic N) is 2. The molecule has 3 nitrogen and oxygen atoms in total. The van der Waals surface area contributed by atoms with Crippen molar-refractivity contribution in [2.24, 2.45) is 11.7 Å². The molecule has 2 N–H and O–H groups in total. The Balaban J connectivity index is 2.48. The third-order valence-corrected chi connectivity index (χ3v) is 3.58. The molecule has 1 aromatic rings. The highest BCUT2D eigenvalue weighted by Gasteiger charge is 2.11. The second-order valence-electron chi connectivity index (χ2n) is 5.26. The minimum absolute atomic E-state index is 0.241. The highest BCUT2D eigenvalue weighted by Crippen LogP contribution is 2.13. The lowest BCUT2D eigenvalue weighted by atomic mass is 9.97. The van der Waals surface area contributed by atoms with Crippen LogP contribution in [-0.2, 0) is 6.42 Å². The van der Waals surface area contributed by atoms with Gasteiger partial charge in [0.15, 0.2) is 0 Å². The van der Waals surface area contributed by atoms with Gasteiger partial charge in [-0.3, -0.25) is 4.68 Å². The molecule has 0 aliphatic rings. The fourth-order valence-electron chi connectivity index (χ4n) is 1.95. The Morgan fingerprint density at radius 3 is 2.59 bits per heavy atom. The fraction of sp³-hybridized carbons (Fsp3) is 0.786. The van der Waals surface area contributed by atoms with E-state index in [4.69, 9.17) is 5.73 Å². The van der Waals surface area contributed by atoms with Gasteiger partial charge in [0.1, 0.15) is 0 Å². The Labute approximate surface area is 105 Å². The van der Waals surface area contributed by atoms with Gasteiger partial charge in [-0.15, -0.1) is 0 Å². The summed E-state index contributed by atoms with van der Waals surface area (Å²) in [6, 6.07) is 2.82. The van der Waals surface area contributed by atoms with E-state index in [0.717, 1.165) is 25.0 Å². The van der Waals surface area contributed by atoms with E-state index in [1.54, 1.807) is 0 Å². The van der Waals surface area contributed by atoms with Gasteiger partial charge in [-0.2, -0.15) is 5.10 Å². The molecule has 3 atom stereocenters. The van der Waals surface area contributed by atoms with Crippen molar-refractivity contribution < 1.29 is 0 Å². The maximum Gasteiger partial charge on any atom is 0.0640 e. The highest BCUT2D eigenvalue weighted by atomic mass is 15.3. The number of nitrogens with two attached hydrogens (primary N) is 1. The highest BCUT2D eigenvalue weighted by molar-refractivity contribution is 5.02. The predicted octanol–water partition coefficient (Wildman–Crippen LogP) is 3.16. The minimum Gasteiger partial charge on any atom is -0.327 e. The minimum atomic E-state index is 0.241. The second-order valence-corrected chi connectivity index (χ2v) is 5.26. The zero-order valence-corrected chi connectivity index (χ0v) is 11.7. The van der Waals surface area contributed by atoms with E-state index in [0.29, 0.717) is 12.0 Å². The zero-order chi connectivity index (χ0) is 12.8. The quantitative estimate of drug-likeness (QED) is 0.791. The molecule has 0 saturated heterocycles. The lowest BCUT2D eigenvalue weighted by molar-refractivity contribution is 0.440. The Hall–Kier alpha value is -0.830. The summed E-state index contributed by atoms with van der Waals surface area (Å²) in [5.74, 6) is 0.710. The van der Waals surface area contributed by atoms with Crippen molar-refractivity contribution in [2.45, 2.75) is 65.5 Å². The zero-order valence-electron chi connectivity index (χ0n) is 11.7. The SMILES string of the molecule is CCC(C)CC(N)Cc1ccn(C(C)CC)n1. The van der Waals surface area contributed by atoms with Crippen LogP contribution >= 0.6 is 0 Å². The van der Waals surface area contributed by atoms with Crippen LogP contribution in [0, 0.1) is 5.92 Å². The Morgan fingerprint density at radius 2 is 2.00 bits per heavy atom. The van der Waals surface area contributed by atoms with Crippen LogP contribution in [0.2, 0.25) is 0 Å². The molecule has 0 bridgehead atoms. The summed E-state index contributed by atoms with van der Waals surface area (Å²) in [6.45, 7) is 8.85. The molecule has 1 rings (SSSR count). The standard InChI is InChI=1S/C14H27N3/c1-5-11(3)9-13(15)10-14-7-8-17(16-14)12(4)6-2/h7-8,11-13H,5-6,9-10,15H2,1-4H3. The van der Waals surface area contributed by atoms with Gasteiger partial charge in [0.05, 0.1) is 5.69 Å². The first kappa shape index (κ1) is 14.2. The molecule has 0 amide bonds. The van der Waals surface area contributed by atoms with Gasteiger partial charge < -0.3 is 5.73 Å². The third-order valence-electron chi connectivity index (χ3n) is 3.58. The fourth-order valence-corrected chi connectivity index (χ4v) is 1.95. The molecule has 0 saturated carbocycles. The van der Waals surface area contributed by atoms with Crippen LogP contribution in [0.3, 0.4) is 0 Å². The molecule has 0 aliphatic heterocycles. The maximum atomic E-state index is 6.15. The normalized spacial score (nSPS) is 16.8. The first-order valence-electron chi connectivity index (χ1n) is 6.86. The van der Waals surface area contributed by atoms with Crippen molar-refractivity contribution in [2.75, 3.05) is 0 Å². The summed E-state index contributed by atoms with van der Waals surface area (Å²) >= 11 is 0. The van der Waals surface area contributed by atoms with Crippen molar-refractivity contribution >= 4 is 0 Å². The first-order valence-corrected chi connectivity index (χ1v) is 6.86. The largest absolute Gasteiger partial charge is 0.327 e. The van der Waals surface area contributed by atoms with E-state index in [1.165, 1.54) is 6.42 Å². The summed E-state index contributed by atoms with van der Waals surface area (Å²) in [6.07, 6.45) is 6.37. The summed E-state index contributed by atoms with van der Waals surface area (Å²) in [4.78, 5) is 0. The van der Waals surface area contributed by atoms with E-state index in [9.17, 15) is 0 Å². The van der Waals surface area contributed by atoms with Crippen LogP contribution in [0.5, 0.6) is 0 Å². The molecule has 3 unspecified atom stereocenters. The maximum absolute atomic E-state index is 6.15. The Kier molecular flexibility index (Phi) is 5.69. The molecular weight excluding hydrogens is 210 g/mol. The third kappa shape index (κ3) is 4.50. The topological polar surface area (TPSA) is 43.8 Å². The van der Waals surface area contributed by atoms with Crippen LogP contribution in [0.25, 0.3) is 0 Å². The molecule has 3 heteroatoms. The predicted molar refractivity (Wildman–Crippen MR) is 73.0 cm³/mol. The van der Waals surface area contributed by atoms with Crippen molar-refractivity contribution in [3.8, 4) is 0 Å². The molecule has 0 spiro atoms. The van der Waals surface area contributed by atoms with Crippen LogP contribution in [0.1, 0.15) is 58.7 Å². The van der Waals surface area contributed by atoms with E-state index in [-0.39, 0.29) is 6.04 Å². The van der Waals surface area contributed by atoms with Crippen molar-refractivity contribution in [3.63, 3.8) is 0 Å². The van der Waals surface area contributed by atoms with E-state index in [2.05, 4.69) is 45.1 Å². The lowest BCUT2D eigenvalue weighted by Crippen LogP contribution is -2.25. The van der Waals surface area contributed by atoms with E-state index in [1.807, 2.05) is 4.68 Å². The lowest BCUT2D eigenvalue weighted by Gasteiger charge is -2.14. The van der Waals surface area contributed by atoms with Gasteiger partial charge in [-0.25, -0.2) is 0 Å². The summed E-state index contributed by atoms with van der Waals surface area (Å²) in [5.41, 5.74) is 7.28. The van der Waals surface area contributed by atoms with Crippen LogP contribution in [0.4, 0.5) is 0 Å². The van der Waals surface area contributed by atoms with Gasteiger partial charge in [0, 0.05) is 24.7 Å². The van der Waals surface area contributed by atoms with Gasteiger partial charge in [0.2, 0.25) is 0 Å². The monoisotopic (exact) mass is 237 g/mol. The number of aromatic nitrogens is 2. The molecule has 98 valence electrons. The van der Waals surface area contributed by atoms with Crippen LogP contribution in [-0.4, -0.2) is 15.8 Å². The van der Waals surface area contributed by atoms with Gasteiger partial charge in [-0.05, 0) is 31.7 Å². The summed E-state index contributed by atoms with van der Waals surface area (Å²) in [5, 5.41) is 4.59. The molecule has 1 aromatic heterocycles. The Bertz CT molecular complexity index is 319. The molecule has 0 fully saturated rings. The molecular formula is C14H27N3. The average molecular weight is 237 g/mol. The molecule has 1 heterocycles. The number of hydrogen-bond donors (Lipinski definition) is 1. The van der Waals surface area contributed by atoms with Crippen molar-refractivity contribution in [1.29, 1.82) is 0 Å². The van der Waals surface area contributed by atoms with Crippen LogP contribution in [0.15, 0.2) is 12.3 Å². The summed E-state index contributed by atoms with van der Waals surface area (Å²) in [7, 11) is 0. The number of hydrogen-bond acceptors (Lipinski definition) is 2. The van der Waals surface area contributed by atoms with Gasteiger partial charge >= 0.3 is 0 Å². The molecule has 17 heavy (non-hydrogen) atoms. The molecule has 0 aliphatic carbocycles.